The molecule has 0 unspecified atom stereocenters. The third-order valence-electron chi connectivity index (χ3n) is 7.09. The van der Waals surface area contributed by atoms with Crippen molar-refractivity contribution in [3.05, 3.63) is 99.0 Å². The van der Waals surface area contributed by atoms with Gasteiger partial charge < -0.3 is 14.7 Å². The monoisotopic (exact) mass is 443 g/mol. The SMILES string of the molecule is C[C@@H]1COC[C@@H]2N1C(=O)c1c(O)c(=O)ccn1N2C1c2ccccc2CCc2ccccc21. The molecule has 1 saturated heterocycles. The van der Waals surface area contributed by atoms with E-state index in [-0.39, 0.29) is 29.9 Å². The second-order valence-electron chi connectivity index (χ2n) is 8.98. The number of nitrogens with zero attached hydrogens (tertiary/aromatic N) is 3. The van der Waals surface area contributed by atoms with Gasteiger partial charge >= 0.3 is 0 Å². The highest BCUT2D eigenvalue weighted by Crippen LogP contribution is 2.40. The Morgan fingerprint density at radius 3 is 2.21 bits per heavy atom. The van der Waals surface area contributed by atoms with Crippen LogP contribution in [0.15, 0.2) is 65.6 Å². The minimum Gasteiger partial charge on any atom is -0.502 e. The number of benzene rings is 2. The Bertz CT molecular complexity index is 1270. The maximum Gasteiger partial charge on any atom is 0.278 e. The van der Waals surface area contributed by atoms with E-state index in [4.69, 9.17) is 4.74 Å². The highest BCUT2D eigenvalue weighted by molar-refractivity contribution is 5.96. The summed E-state index contributed by atoms with van der Waals surface area (Å²) < 4.78 is 7.60. The summed E-state index contributed by atoms with van der Waals surface area (Å²) in [5, 5.41) is 12.8. The van der Waals surface area contributed by atoms with E-state index in [1.165, 1.54) is 17.2 Å². The normalized spacial score (nSPS) is 22.2. The lowest BCUT2D eigenvalue weighted by molar-refractivity contribution is -0.0468. The molecule has 0 saturated carbocycles. The van der Waals surface area contributed by atoms with Gasteiger partial charge in [0.25, 0.3) is 5.91 Å². The molecule has 7 nitrogen and oxygen atoms in total. The summed E-state index contributed by atoms with van der Waals surface area (Å²) in [6.45, 7) is 2.68. The van der Waals surface area contributed by atoms with E-state index >= 15 is 0 Å². The van der Waals surface area contributed by atoms with Gasteiger partial charge in [0.15, 0.2) is 11.4 Å². The van der Waals surface area contributed by atoms with E-state index in [9.17, 15) is 14.7 Å². The van der Waals surface area contributed by atoms with Crippen molar-refractivity contribution < 1.29 is 14.6 Å². The topological polar surface area (TPSA) is 75.0 Å². The maximum absolute atomic E-state index is 13.5. The Balaban J connectivity index is 1.66. The van der Waals surface area contributed by atoms with Crippen LogP contribution >= 0.6 is 0 Å². The fourth-order valence-electron chi connectivity index (χ4n) is 5.59. The molecule has 1 amide bonds. The van der Waals surface area contributed by atoms with Crippen LogP contribution in [-0.2, 0) is 17.6 Å². The standard InChI is InChI=1S/C26H25N3O4/c1-16-14-33-15-22-28(16)26(32)24-25(31)21(30)12-13-27(24)29(22)23-19-8-4-2-6-17(19)10-11-18-7-3-5-9-20(18)23/h2-9,12-13,16,22-23,31H,10-11,14-15H2,1H3/t16-,22-/m1/s1. The molecule has 0 spiro atoms. The first-order valence-corrected chi connectivity index (χ1v) is 11.4. The van der Waals surface area contributed by atoms with E-state index in [0.29, 0.717) is 13.2 Å². The number of carbonyl (C=O) groups excluding carboxylic acids is 1. The number of ether oxygens (including phenoxy) is 1. The maximum atomic E-state index is 13.5. The highest BCUT2D eigenvalue weighted by Gasteiger charge is 2.47. The summed E-state index contributed by atoms with van der Waals surface area (Å²) in [7, 11) is 0. The fourth-order valence-corrected chi connectivity index (χ4v) is 5.59. The molecule has 2 atom stereocenters. The number of morpholine rings is 1. The van der Waals surface area contributed by atoms with Crippen molar-refractivity contribution in [2.75, 3.05) is 18.2 Å². The zero-order chi connectivity index (χ0) is 22.7. The number of amides is 1. The van der Waals surface area contributed by atoms with E-state index in [2.05, 4.69) is 41.4 Å². The quantitative estimate of drug-likeness (QED) is 0.626. The number of fused-ring (bicyclic) bond motifs is 4. The number of rotatable bonds is 1. The van der Waals surface area contributed by atoms with E-state index < -0.39 is 11.2 Å². The average molecular weight is 444 g/mol. The van der Waals surface area contributed by atoms with Crippen molar-refractivity contribution >= 4 is 5.91 Å². The third kappa shape index (κ3) is 2.92. The lowest BCUT2D eigenvalue weighted by Gasteiger charge is -2.53. The summed E-state index contributed by atoms with van der Waals surface area (Å²) >= 11 is 0. The molecule has 1 aliphatic carbocycles. The van der Waals surface area contributed by atoms with Crippen molar-refractivity contribution in [2.45, 2.75) is 38.0 Å². The smallest absolute Gasteiger partial charge is 0.278 e. The van der Waals surface area contributed by atoms with E-state index in [1.54, 1.807) is 15.8 Å². The number of hydrogen-bond acceptors (Lipinski definition) is 5. The number of aromatic hydroxyl groups is 1. The molecule has 1 fully saturated rings. The van der Waals surface area contributed by atoms with Gasteiger partial charge in [-0.15, -0.1) is 0 Å². The number of aryl methyl sites for hydroxylation is 2. The largest absolute Gasteiger partial charge is 0.502 e. The average Bonchev–Trinajstić information content (AvgIpc) is 2.99. The molecule has 1 N–H and O–H groups in total. The summed E-state index contributed by atoms with van der Waals surface area (Å²) in [6.07, 6.45) is 3.04. The van der Waals surface area contributed by atoms with Crippen LogP contribution in [0.25, 0.3) is 0 Å². The highest BCUT2D eigenvalue weighted by atomic mass is 16.5. The van der Waals surface area contributed by atoms with Gasteiger partial charge in [0.05, 0.1) is 25.3 Å². The molecular weight excluding hydrogens is 418 g/mol. The predicted molar refractivity (Wildman–Crippen MR) is 123 cm³/mol. The van der Waals surface area contributed by atoms with Crippen molar-refractivity contribution in [3.8, 4) is 5.75 Å². The molecule has 0 bridgehead atoms. The Labute approximate surface area is 191 Å². The van der Waals surface area contributed by atoms with Crippen molar-refractivity contribution in [1.29, 1.82) is 0 Å². The Hall–Kier alpha value is -3.58. The Kier molecular flexibility index (Phi) is 4.55. The first kappa shape index (κ1) is 20.1. The molecule has 2 aliphatic heterocycles. The number of carbonyl (C=O) groups is 1. The number of hydrogen-bond donors (Lipinski definition) is 1. The Morgan fingerprint density at radius 2 is 1.55 bits per heavy atom. The molecule has 0 radical (unpaired) electrons. The van der Waals surface area contributed by atoms with Gasteiger partial charge in [-0.3, -0.25) is 19.3 Å². The molecule has 33 heavy (non-hydrogen) atoms. The zero-order valence-corrected chi connectivity index (χ0v) is 18.3. The van der Waals surface area contributed by atoms with Crippen LogP contribution in [0.3, 0.4) is 0 Å². The van der Waals surface area contributed by atoms with Gasteiger partial charge in [-0.05, 0) is 42.0 Å². The second-order valence-corrected chi connectivity index (χ2v) is 8.98. The van der Waals surface area contributed by atoms with Gasteiger partial charge in [0.1, 0.15) is 6.17 Å². The summed E-state index contributed by atoms with van der Waals surface area (Å²) in [4.78, 5) is 27.6. The molecule has 6 rings (SSSR count). The predicted octanol–water partition coefficient (Wildman–Crippen LogP) is 2.58. The van der Waals surface area contributed by atoms with Gasteiger partial charge in [-0.25, -0.2) is 0 Å². The minimum absolute atomic E-state index is 0.00621. The molecule has 7 heteroatoms. The first-order valence-electron chi connectivity index (χ1n) is 11.4. The van der Waals surface area contributed by atoms with Crippen molar-refractivity contribution in [1.82, 2.24) is 9.58 Å². The summed E-state index contributed by atoms with van der Waals surface area (Å²) in [5.41, 5.74) is 4.25. The van der Waals surface area contributed by atoms with Crippen LogP contribution in [0.5, 0.6) is 5.75 Å². The van der Waals surface area contributed by atoms with Gasteiger partial charge in [0, 0.05) is 12.3 Å². The number of aromatic nitrogens is 1. The van der Waals surface area contributed by atoms with E-state index in [0.717, 1.165) is 24.0 Å². The van der Waals surface area contributed by atoms with Crippen LogP contribution in [-0.4, -0.2) is 46.0 Å². The van der Waals surface area contributed by atoms with E-state index in [1.807, 2.05) is 19.1 Å². The van der Waals surface area contributed by atoms with Gasteiger partial charge in [0.2, 0.25) is 5.43 Å². The molecular formula is C26H25N3O4. The lowest BCUT2D eigenvalue weighted by atomic mass is 9.93. The Morgan fingerprint density at radius 1 is 0.909 bits per heavy atom. The number of pyridine rings is 1. The second kappa shape index (κ2) is 7.49. The molecule has 3 aliphatic rings. The van der Waals surface area contributed by atoms with Crippen LogP contribution in [0, 0.1) is 0 Å². The van der Waals surface area contributed by atoms with Crippen LogP contribution in [0.4, 0.5) is 0 Å². The molecule has 3 aromatic rings. The molecule has 168 valence electrons. The van der Waals surface area contributed by atoms with Gasteiger partial charge in [-0.2, -0.15) is 0 Å². The zero-order valence-electron chi connectivity index (χ0n) is 18.3. The summed E-state index contributed by atoms with van der Waals surface area (Å²) in [5.74, 6) is -0.864. The van der Waals surface area contributed by atoms with Crippen LogP contribution in [0.1, 0.15) is 45.7 Å². The lowest BCUT2D eigenvalue weighted by Crippen LogP contribution is -2.68. The third-order valence-corrected chi connectivity index (χ3v) is 7.09. The summed E-state index contributed by atoms with van der Waals surface area (Å²) in [6, 6.07) is 17.7. The van der Waals surface area contributed by atoms with Crippen LogP contribution < -0.4 is 10.4 Å². The van der Waals surface area contributed by atoms with Crippen LogP contribution in [0.2, 0.25) is 0 Å². The fraction of sp³-hybridized carbons (Fsp3) is 0.308. The van der Waals surface area contributed by atoms with Crippen molar-refractivity contribution in [2.24, 2.45) is 0 Å². The first-order chi connectivity index (χ1) is 16.1. The minimum atomic E-state index is -0.560. The molecule has 2 aromatic carbocycles. The molecule has 3 heterocycles. The van der Waals surface area contributed by atoms with Crippen molar-refractivity contribution in [3.63, 3.8) is 0 Å². The molecule has 1 aromatic heterocycles. The van der Waals surface area contributed by atoms with Gasteiger partial charge in [-0.1, -0.05) is 48.5 Å².